The molecule has 2 saturated heterocycles. The van der Waals surface area contributed by atoms with Crippen LogP contribution >= 0.6 is 0 Å². The first-order chi connectivity index (χ1) is 10.7. The topological polar surface area (TPSA) is 99.8 Å². The van der Waals surface area contributed by atoms with Gasteiger partial charge in [-0.2, -0.15) is 0 Å². The van der Waals surface area contributed by atoms with E-state index in [0.29, 0.717) is 6.04 Å². The summed E-state index contributed by atoms with van der Waals surface area (Å²) in [6.07, 6.45) is 0. The number of hydrogen-bond acceptors (Lipinski definition) is 7. The van der Waals surface area contributed by atoms with Gasteiger partial charge in [0.1, 0.15) is 0 Å². The van der Waals surface area contributed by atoms with E-state index < -0.39 is 0 Å². The summed E-state index contributed by atoms with van der Waals surface area (Å²) in [6.45, 7) is 15.9. The maximum absolute atomic E-state index is 5.66. The van der Waals surface area contributed by atoms with E-state index in [1.165, 1.54) is 0 Å². The number of nitrogens with zero attached hydrogens (tertiary/aromatic N) is 3. The Bertz CT molecular complexity index is 234. The highest BCUT2D eigenvalue weighted by atomic mass is 15.3. The zero-order chi connectivity index (χ0) is 16.2. The fourth-order valence-corrected chi connectivity index (χ4v) is 2.90. The van der Waals surface area contributed by atoms with Crippen molar-refractivity contribution in [1.29, 1.82) is 0 Å². The molecule has 22 heavy (non-hydrogen) atoms. The Morgan fingerprint density at radius 3 is 1.64 bits per heavy atom. The molecule has 7 N–H and O–H groups in total. The highest BCUT2D eigenvalue weighted by molar-refractivity contribution is 4.72. The molecule has 0 aliphatic carbocycles. The Hall–Kier alpha value is -0.280. The van der Waals surface area contributed by atoms with Crippen molar-refractivity contribution in [1.82, 2.24) is 20.0 Å². The summed E-state index contributed by atoms with van der Waals surface area (Å²) >= 11 is 0. The Kier molecular flexibility index (Phi) is 10.9. The molecule has 2 aliphatic rings. The molecule has 7 heteroatoms. The van der Waals surface area contributed by atoms with Crippen LogP contribution in [0, 0.1) is 0 Å². The van der Waals surface area contributed by atoms with Crippen molar-refractivity contribution in [3.05, 3.63) is 0 Å². The lowest BCUT2D eigenvalue weighted by atomic mass is 10.3. The van der Waals surface area contributed by atoms with Gasteiger partial charge in [-0.3, -0.25) is 14.7 Å². The molecule has 0 saturated carbocycles. The predicted molar refractivity (Wildman–Crippen MR) is 93.9 cm³/mol. The van der Waals surface area contributed by atoms with Gasteiger partial charge in [0, 0.05) is 91.1 Å². The molecule has 0 amide bonds. The third-order valence-electron chi connectivity index (χ3n) is 4.11. The third kappa shape index (κ3) is 8.99. The van der Waals surface area contributed by atoms with E-state index in [-0.39, 0.29) is 0 Å². The van der Waals surface area contributed by atoms with Gasteiger partial charge in [0.2, 0.25) is 0 Å². The Balaban J connectivity index is 0.000000224. The van der Waals surface area contributed by atoms with E-state index >= 15 is 0 Å². The molecule has 0 aromatic rings. The predicted octanol–water partition coefficient (Wildman–Crippen LogP) is -2.24. The molecule has 0 radical (unpaired) electrons. The van der Waals surface area contributed by atoms with Crippen LogP contribution in [-0.4, -0.2) is 106 Å². The Morgan fingerprint density at radius 2 is 1.27 bits per heavy atom. The van der Waals surface area contributed by atoms with Gasteiger partial charge in [-0.1, -0.05) is 0 Å². The van der Waals surface area contributed by atoms with Crippen molar-refractivity contribution in [2.75, 3.05) is 85.1 Å². The van der Waals surface area contributed by atoms with E-state index in [2.05, 4.69) is 26.9 Å². The third-order valence-corrected chi connectivity index (χ3v) is 4.11. The number of rotatable bonds is 6. The van der Waals surface area contributed by atoms with Gasteiger partial charge in [0.15, 0.2) is 0 Å². The molecule has 1 unspecified atom stereocenters. The van der Waals surface area contributed by atoms with Crippen LogP contribution in [0.3, 0.4) is 0 Å². The van der Waals surface area contributed by atoms with Crippen molar-refractivity contribution in [2.24, 2.45) is 17.2 Å². The largest absolute Gasteiger partial charge is 0.329 e. The molecule has 2 aliphatic heterocycles. The fraction of sp³-hybridized carbons (Fsp3) is 1.00. The monoisotopic (exact) mass is 315 g/mol. The van der Waals surface area contributed by atoms with Gasteiger partial charge >= 0.3 is 0 Å². The lowest BCUT2D eigenvalue weighted by Gasteiger charge is -2.34. The van der Waals surface area contributed by atoms with Crippen LogP contribution < -0.4 is 22.5 Å². The SMILES string of the molecule is CC(N)CN1CCNCC1.NCCN1CCN(CCN)CC1. The molecule has 1 atom stereocenters. The van der Waals surface area contributed by atoms with E-state index in [1.54, 1.807) is 0 Å². The van der Waals surface area contributed by atoms with E-state index in [4.69, 9.17) is 17.2 Å². The summed E-state index contributed by atoms with van der Waals surface area (Å²) in [6, 6.07) is 0.318. The molecule has 2 rings (SSSR count). The molecule has 0 spiro atoms. The average molecular weight is 316 g/mol. The van der Waals surface area contributed by atoms with Crippen LogP contribution in [0.25, 0.3) is 0 Å². The Labute approximate surface area is 136 Å². The van der Waals surface area contributed by atoms with Crippen molar-refractivity contribution >= 4 is 0 Å². The maximum Gasteiger partial charge on any atom is 0.0139 e. The summed E-state index contributed by atoms with van der Waals surface area (Å²) in [5.41, 5.74) is 16.6. The van der Waals surface area contributed by atoms with E-state index in [9.17, 15) is 0 Å². The first-order valence-electron chi connectivity index (χ1n) is 8.69. The van der Waals surface area contributed by atoms with E-state index in [1.807, 2.05) is 0 Å². The van der Waals surface area contributed by atoms with Crippen LogP contribution in [-0.2, 0) is 0 Å². The van der Waals surface area contributed by atoms with Crippen LogP contribution in [0.5, 0.6) is 0 Å². The number of nitrogens with two attached hydrogens (primary N) is 3. The summed E-state index contributed by atoms with van der Waals surface area (Å²) in [4.78, 5) is 7.22. The summed E-state index contributed by atoms with van der Waals surface area (Å²) < 4.78 is 0. The summed E-state index contributed by atoms with van der Waals surface area (Å²) in [7, 11) is 0. The normalized spacial score (nSPS) is 22.9. The van der Waals surface area contributed by atoms with Crippen molar-refractivity contribution in [2.45, 2.75) is 13.0 Å². The molecule has 0 bridgehead atoms. The zero-order valence-corrected chi connectivity index (χ0v) is 14.3. The van der Waals surface area contributed by atoms with Gasteiger partial charge in [0.25, 0.3) is 0 Å². The van der Waals surface area contributed by atoms with Crippen molar-refractivity contribution in [3.63, 3.8) is 0 Å². The van der Waals surface area contributed by atoms with E-state index in [0.717, 1.165) is 85.1 Å². The van der Waals surface area contributed by atoms with Crippen LogP contribution in [0.1, 0.15) is 6.92 Å². The summed E-state index contributed by atoms with van der Waals surface area (Å²) in [5, 5.41) is 3.31. The van der Waals surface area contributed by atoms with Gasteiger partial charge < -0.3 is 22.5 Å². The molecule has 0 aromatic carbocycles. The second-order valence-corrected chi connectivity index (χ2v) is 6.29. The molecule has 2 fully saturated rings. The van der Waals surface area contributed by atoms with Crippen molar-refractivity contribution in [3.8, 4) is 0 Å². The minimum Gasteiger partial charge on any atom is -0.329 e. The van der Waals surface area contributed by atoms with Crippen LogP contribution in [0.15, 0.2) is 0 Å². The molecule has 0 aromatic heterocycles. The number of piperazine rings is 2. The minimum absolute atomic E-state index is 0.318. The number of nitrogens with one attached hydrogen (secondary N) is 1. The first-order valence-corrected chi connectivity index (χ1v) is 8.69. The zero-order valence-electron chi connectivity index (χ0n) is 14.3. The smallest absolute Gasteiger partial charge is 0.0139 e. The highest BCUT2D eigenvalue weighted by Gasteiger charge is 2.14. The highest BCUT2D eigenvalue weighted by Crippen LogP contribution is 1.99. The minimum atomic E-state index is 0.318. The van der Waals surface area contributed by atoms with Gasteiger partial charge in [-0.15, -0.1) is 0 Å². The second-order valence-electron chi connectivity index (χ2n) is 6.29. The molecular formula is C15H37N7. The van der Waals surface area contributed by atoms with Gasteiger partial charge in [0.05, 0.1) is 0 Å². The number of hydrogen-bond donors (Lipinski definition) is 4. The molecular weight excluding hydrogens is 278 g/mol. The van der Waals surface area contributed by atoms with Crippen LogP contribution in [0.2, 0.25) is 0 Å². The first kappa shape index (κ1) is 19.8. The standard InChI is InChI=1S/C8H20N4.C7H17N3/c9-1-3-11-5-7-12(4-2-10)8-6-11;1-7(8)6-10-4-2-9-3-5-10/h1-10H2;7,9H,2-6,8H2,1H3. The second kappa shape index (κ2) is 12.2. The lowest BCUT2D eigenvalue weighted by molar-refractivity contribution is 0.138. The lowest BCUT2D eigenvalue weighted by Crippen LogP contribution is -2.48. The van der Waals surface area contributed by atoms with Gasteiger partial charge in [-0.25, -0.2) is 0 Å². The quantitative estimate of drug-likeness (QED) is 0.440. The fourth-order valence-electron chi connectivity index (χ4n) is 2.90. The van der Waals surface area contributed by atoms with Crippen molar-refractivity contribution < 1.29 is 0 Å². The van der Waals surface area contributed by atoms with Crippen LogP contribution in [0.4, 0.5) is 0 Å². The molecule has 7 nitrogen and oxygen atoms in total. The summed E-state index contributed by atoms with van der Waals surface area (Å²) in [5.74, 6) is 0. The molecule has 2 heterocycles. The maximum atomic E-state index is 5.66. The average Bonchev–Trinajstić information content (AvgIpc) is 2.51. The van der Waals surface area contributed by atoms with Gasteiger partial charge in [-0.05, 0) is 6.92 Å². The molecule has 132 valence electrons. The Morgan fingerprint density at radius 1 is 0.818 bits per heavy atom.